The Morgan fingerprint density at radius 2 is 1.95 bits per heavy atom. The molecule has 1 aliphatic heterocycles. The maximum Gasteiger partial charge on any atom is 0.128 e. The fraction of sp³-hybridized carbons (Fsp3) is 0.133. The smallest absolute Gasteiger partial charge is 0.128 e. The van der Waals surface area contributed by atoms with Crippen molar-refractivity contribution in [2.24, 2.45) is 5.10 Å². The van der Waals surface area contributed by atoms with E-state index in [2.05, 4.69) is 10.5 Å². The van der Waals surface area contributed by atoms with Crippen molar-refractivity contribution in [3.8, 4) is 5.75 Å². The van der Waals surface area contributed by atoms with Crippen LogP contribution in [0.4, 0.5) is 8.78 Å². The van der Waals surface area contributed by atoms with Gasteiger partial charge in [0, 0.05) is 17.5 Å². The van der Waals surface area contributed by atoms with Crippen molar-refractivity contribution in [3.05, 3.63) is 65.2 Å². The first-order valence-corrected chi connectivity index (χ1v) is 6.20. The van der Waals surface area contributed by atoms with E-state index >= 15 is 0 Å². The van der Waals surface area contributed by atoms with Gasteiger partial charge in [-0.25, -0.2) is 8.78 Å². The molecule has 0 aliphatic carbocycles. The van der Waals surface area contributed by atoms with Crippen LogP contribution in [0.3, 0.4) is 0 Å². The topological polar surface area (TPSA) is 44.6 Å². The van der Waals surface area contributed by atoms with E-state index in [4.69, 9.17) is 0 Å². The molecule has 0 bridgehead atoms. The van der Waals surface area contributed by atoms with Gasteiger partial charge in [0.1, 0.15) is 17.4 Å². The number of halogens is 2. The number of nitrogens with zero attached hydrogens (tertiary/aromatic N) is 1. The van der Waals surface area contributed by atoms with Crippen LogP contribution in [0.25, 0.3) is 0 Å². The molecule has 0 radical (unpaired) electrons. The van der Waals surface area contributed by atoms with Gasteiger partial charge in [-0.1, -0.05) is 18.2 Å². The Morgan fingerprint density at radius 3 is 2.75 bits per heavy atom. The molecule has 5 heteroatoms. The van der Waals surface area contributed by atoms with E-state index in [0.29, 0.717) is 23.3 Å². The summed E-state index contributed by atoms with van der Waals surface area (Å²) in [5.41, 5.74) is 4.16. The van der Waals surface area contributed by atoms with E-state index in [1.807, 2.05) is 0 Å². The molecule has 2 N–H and O–H groups in total. The second-order valence-corrected chi connectivity index (χ2v) is 4.63. The van der Waals surface area contributed by atoms with Crippen molar-refractivity contribution in [1.29, 1.82) is 0 Å². The molecule has 2 aromatic rings. The fourth-order valence-electron chi connectivity index (χ4n) is 2.29. The Hall–Kier alpha value is -2.43. The summed E-state index contributed by atoms with van der Waals surface area (Å²) in [6, 6.07) is 9.80. The number of benzene rings is 2. The molecule has 0 amide bonds. The largest absolute Gasteiger partial charge is 0.507 e. The third-order valence-corrected chi connectivity index (χ3v) is 3.30. The van der Waals surface area contributed by atoms with Gasteiger partial charge in [0.05, 0.1) is 11.8 Å². The fourth-order valence-corrected chi connectivity index (χ4v) is 2.29. The average Bonchev–Trinajstić information content (AvgIpc) is 2.91. The van der Waals surface area contributed by atoms with E-state index in [0.717, 1.165) is 0 Å². The van der Waals surface area contributed by atoms with Gasteiger partial charge in [-0.15, -0.1) is 0 Å². The quantitative estimate of drug-likeness (QED) is 0.883. The summed E-state index contributed by atoms with van der Waals surface area (Å²) in [5.74, 6) is -0.805. The van der Waals surface area contributed by atoms with E-state index in [1.54, 1.807) is 18.2 Å². The monoisotopic (exact) mass is 274 g/mol. The third-order valence-electron chi connectivity index (χ3n) is 3.30. The van der Waals surface area contributed by atoms with Gasteiger partial charge in [-0.3, -0.25) is 0 Å². The Morgan fingerprint density at radius 1 is 1.15 bits per heavy atom. The minimum absolute atomic E-state index is 0.0406. The van der Waals surface area contributed by atoms with Crippen LogP contribution in [-0.2, 0) is 0 Å². The number of nitrogens with one attached hydrogen (secondary N) is 1. The Labute approximate surface area is 114 Å². The highest BCUT2D eigenvalue weighted by Gasteiger charge is 2.25. The normalized spacial score (nSPS) is 17.7. The van der Waals surface area contributed by atoms with Gasteiger partial charge in [0.25, 0.3) is 0 Å². The molecule has 0 saturated heterocycles. The molecule has 3 rings (SSSR count). The van der Waals surface area contributed by atoms with Gasteiger partial charge in [0.15, 0.2) is 0 Å². The second kappa shape index (κ2) is 4.92. The zero-order valence-corrected chi connectivity index (χ0v) is 10.5. The van der Waals surface area contributed by atoms with Crippen molar-refractivity contribution >= 4 is 5.71 Å². The zero-order valence-electron chi connectivity index (χ0n) is 10.5. The first kappa shape index (κ1) is 12.6. The molecule has 3 nitrogen and oxygen atoms in total. The van der Waals surface area contributed by atoms with Crippen molar-refractivity contribution in [3.63, 3.8) is 0 Å². The summed E-state index contributed by atoms with van der Waals surface area (Å²) in [6.45, 7) is 0. The summed E-state index contributed by atoms with van der Waals surface area (Å²) < 4.78 is 27.0. The van der Waals surface area contributed by atoms with Gasteiger partial charge < -0.3 is 10.5 Å². The van der Waals surface area contributed by atoms with Crippen molar-refractivity contribution in [2.45, 2.75) is 12.5 Å². The standard InChI is InChI=1S/C15H12F2N2O/c16-9-5-6-15(20)11(7-9)14-8-13(18-19-14)10-3-1-2-4-12(10)17/h1-7,13,18,20H,8H2. The average molecular weight is 274 g/mol. The minimum Gasteiger partial charge on any atom is -0.507 e. The lowest BCUT2D eigenvalue weighted by Crippen LogP contribution is -2.11. The molecule has 0 saturated carbocycles. The number of hydrogen-bond acceptors (Lipinski definition) is 3. The molecule has 0 aromatic heterocycles. The van der Waals surface area contributed by atoms with E-state index in [1.165, 1.54) is 24.3 Å². The van der Waals surface area contributed by atoms with Crippen LogP contribution in [0.15, 0.2) is 47.6 Å². The number of phenols is 1. The van der Waals surface area contributed by atoms with Crippen molar-refractivity contribution in [1.82, 2.24) is 5.43 Å². The molecule has 1 atom stereocenters. The van der Waals surface area contributed by atoms with Crippen LogP contribution in [0.2, 0.25) is 0 Å². The molecule has 2 aromatic carbocycles. The van der Waals surface area contributed by atoms with Crippen molar-refractivity contribution < 1.29 is 13.9 Å². The first-order valence-electron chi connectivity index (χ1n) is 6.20. The Balaban J connectivity index is 1.86. The van der Waals surface area contributed by atoms with Crippen LogP contribution in [0, 0.1) is 11.6 Å². The molecule has 1 unspecified atom stereocenters. The molecular weight excluding hydrogens is 262 g/mol. The van der Waals surface area contributed by atoms with Gasteiger partial charge >= 0.3 is 0 Å². The highest BCUT2D eigenvalue weighted by molar-refractivity contribution is 6.03. The molecule has 0 spiro atoms. The highest BCUT2D eigenvalue weighted by atomic mass is 19.1. The molecule has 1 aliphatic rings. The molecule has 102 valence electrons. The molecule has 0 fully saturated rings. The number of hydrogen-bond donors (Lipinski definition) is 2. The number of phenolic OH excluding ortho intramolecular Hbond substituents is 1. The van der Waals surface area contributed by atoms with Crippen LogP contribution in [0.1, 0.15) is 23.6 Å². The SMILES string of the molecule is Oc1ccc(F)cc1C1=NNC(c2ccccc2F)C1. The summed E-state index contributed by atoms with van der Waals surface area (Å²) in [4.78, 5) is 0. The summed E-state index contributed by atoms with van der Waals surface area (Å²) in [5, 5.41) is 13.8. The van der Waals surface area contributed by atoms with E-state index in [-0.39, 0.29) is 17.6 Å². The lowest BCUT2D eigenvalue weighted by Gasteiger charge is -2.11. The zero-order chi connectivity index (χ0) is 14.1. The predicted molar refractivity (Wildman–Crippen MR) is 71.5 cm³/mol. The Bertz CT molecular complexity index is 685. The van der Waals surface area contributed by atoms with Crippen LogP contribution >= 0.6 is 0 Å². The highest BCUT2D eigenvalue weighted by Crippen LogP contribution is 2.29. The summed E-state index contributed by atoms with van der Waals surface area (Å²) >= 11 is 0. The first-order chi connectivity index (χ1) is 9.65. The van der Waals surface area contributed by atoms with Gasteiger partial charge in [-0.2, -0.15) is 5.10 Å². The minimum atomic E-state index is -0.449. The summed E-state index contributed by atoms with van der Waals surface area (Å²) in [6.07, 6.45) is 0.387. The lowest BCUT2D eigenvalue weighted by molar-refractivity contribution is 0.471. The number of hydrazone groups is 1. The third kappa shape index (κ3) is 2.22. The van der Waals surface area contributed by atoms with Crippen LogP contribution in [0.5, 0.6) is 5.75 Å². The molecular formula is C15H12F2N2O. The molecule has 1 heterocycles. The Kier molecular flexibility index (Phi) is 3.10. The number of aromatic hydroxyl groups is 1. The van der Waals surface area contributed by atoms with Gasteiger partial charge in [-0.05, 0) is 24.3 Å². The van der Waals surface area contributed by atoms with Crippen LogP contribution < -0.4 is 5.43 Å². The maximum absolute atomic E-state index is 13.7. The molecule has 20 heavy (non-hydrogen) atoms. The van der Waals surface area contributed by atoms with Gasteiger partial charge in [0.2, 0.25) is 0 Å². The van der Waals surface area contributed by atoms with E-state index < -0.39 is 5.82 Å². The second-order valence-electron chi connectivity index (χ2n) is 4.63. The predicted octanol–water partition coefficient (Wildman–Crippen LogP) is 3.11. The summed E-state index contributed by atoms with van der Waals surface area (Å²) in [7, 11) is 0. The van der Waals surface area contributed by atoms with E-state index in [9.17, 15) is 13.9 Å². The number of rotatable bonds is 2. The lowest BCUT2D eigenvalue weighted by atomic mass is 9.98. The van der Waals surface area contributed by atoms with Crippen molar-refractivity contribution in [2.75, 3.05) is 0 Å². The van der Waals surface area contributed by atoms with Crippen LogP contribution in [-0.4, -0.2) is 10.8 Å². The maximum atomic E-state index is 13.7.